The van der Waals surface area contributed by atoms with Crippen molar-refractivity contribution in [3.05, 3.63) is 11.1 Å². The van der Waals surface area contributed by atoms with Crippen LogP contribution in [-0.2, 0) is 19.1 Å². The van der Waals surface area contributed by atoms with Gasteiger partial charge in [-0.1, -0.05) is 12.0 Å². The second-order valence-corrected chi connectivity index (χ2v) is 5.32. The maximum atomic E-state index is 12.0. The molecule has 4 nitrogen and oxygen atoms in total. The zero-order chi connectivity index (χ0) is 13.8. The lowest BCUT2D eigenvalue weighted by Gasteiger charge is -2.34. The van der Waals surface area contributed by atoms with Crippen LogP contribution in [0.25, 0.3) is 0 Å². The molecule has 0 aromatic rings. The van der Waals surface area contributed by atoms with Crippen LogP contribution in [-0.4, -0.2) is 31.1 Å². The van der Waals surface area contributed by atoms with E-state index in [2.05, 4.69) is 0 Å². The summed E-state index contributed by atoms with van der Waals surface area (Å²) in [5.41, 5.74) is 1.68. The Hall–Kier alpha value is -1.16. The molecule has 0 aromatic heterocycles. The number of aldehydes is 1. The average Bonchev–Trinajstić information content (AvgIpc) is 2.83. The summed E-state index contributed by atoms with van der Waals surface area (Å²) in [7, 11) is 0. The van der Waals surface area contributed by atoms with Gasteiger partial charge in [-0.15, -0.1) is 0 Å². The largest absolute Gasteiger partial charge is 0.463 e. The minimum Gasteiger partial charge on any atom is -0.463 e. The van der Waals surface area contributed by atoms with E-state index < -0.39 is 0 Å². The van der Waals surface area contributed by atoms with Crippen LogP contribution in [0.4, 0.5) is 0 Å². The van der Waals surface area contributed by atoms with Gasteiger partial charge in [0.25, 0.3) is 0 Å². The van der Waals surface area contributed by atoms with E-state index in [-0.39, 0.29) is 24.6 Å². The molecular formula is C15H22O4. The topological polar surface area (TPSA) is 52.6 Å². The van der Waals surface area contributed by atoms with Gasteiger partial charge in [-0.2, -0.15) is 0 Å². The third-order valence-electron chi connectivity index (χ3n) is 4.01. The molecule has 1 heterocycles. The maximum absolute atomic E-state index is 12.0. The van der Waals surface area contributed by atoms with Gasteiger partial charge in [0.1, 0.15) is 6.29 Å². The molecule has 106 valence electrons. The molecule has 1 aliphatic heterocycles. The highest BCUT2D eigenvalue weighted by molar-refractivity contribution is 5.92. The Bertz CT molecular complexity index is 386. The molecular weight excluding hydrogens is 244 g/mol. The number of rotatable bonds is 4. The second-order valence-electron chi connectivity index (χ2n) is 5.32. The van der Waals surface area contributed by atoms with E-state index in [1.165, 1.54) is 0 Å². The van der Waals surface area contributed by atoms with E-state index >= 15 is 0 Å². The number of hydrogen-bond acceptors (Lipinski definition) is 4. The molecule has 19 heavy (non-hydrogen) atoms. The Kier molecular flexibility index (Phi) is 4.75. The number of fused-ring (bicyclic) bond motifs is 1. The third-order valence-corrected chi connectivity index (χ3v) is 4.01. The zero-order valence-corrected chi connectivity index (χ0v) is 11.7. The quantitative estimate of drug-likeness (QED) is 0.445. The van der Waals surface area contributed by atoms with Gasteiger partial charge in [-0.25, -0.2) is 4.79 Å². The molecule has 1 saturated heterocycles. The first-order valence-electron chi connectivity index (χ1n) is 7.15. The summed E-state index contributed by atoms with van der Waals surface area (Å²) < 4.78 is 11.0. The van der Waals surface area contributed by atoms with Crippen molar-refractivity contribution < 1.29 is 19.1 Å². The minimum absolute atomic E-state index is 0.116. The smallest absolute Gasteiger partial charge is 0.334 e. The molecule has 0 bridgehead atoms. The Morgan fingerprint density at radius 1 is 1.47 bits per heavy atom. The predicted molar refractivity (Wildman–Crippen MR) is 70.6 cm³/mol. The summed E-state index contributed by atoms with van der Waals surface area (Å²) in [6.45, 7) is 4.15. The van der Waals surface area contributed by atoms with Crippen LogP contribution in [0.15, 0.2) is 11.1 Å². The molecule has 2 aliphatic rings. The van der Waals surface area contributed by atoms with E-state index in [1.54, 1.807) is 6.92 Å². The van der Waals surface area contributed by atoms with Crippen molar-refractivity contribution in [1.82, 2.24) is 0 Å². The lowest BCUT2D eigenvalue weighted by Crippen LogP contribution is -2.33. The monoisotopic (exact) mass is 266 g/mol. The summed E-state index contributed by atoms with van der Waals surface area (Å²) in [6, 6.07) is 0. The van der Waals surface area contributed by atoms with Crippen molar-refractivity contribution in [2.75, 3.05) is 6.61 Å². The number of esters is 1. The Balaban J connectivity index is 2.31. The van der Waals surface area contributed by atoms with Crippen LogP contribution in [0.5, 0.6) is 0 Å². The molecule has 0 N–H and O–H groups in total. The molecule has 0 unspecified atom stereocenters. The maximum Gasteiger partial charge on any atom is 0.334 e. The summed E-state index contributed by atoms with van der Waals surface area (Å²) in [5.74, 6) is -0.0279. The van der Waals surface area contributed by atoms with Gasteiger partial charge in [-0.05, 0) is 33.1 Å². The molecule has 2 fully saturated rings. The molecule has 0 spiro atoms. The van der Waals surface area contributed by atoms with Gasteiger partial charge < -0.3 is 14.3 Å². The van der Waals surface area contributed by atoms with Gasteiger partial charge in [0, 0.05) is 17.9 Å². The number of carbonyl (C=O) groups is 2. The SMILES string of the molecule is CCOC(=O)/C(CC=O)=C1/C[C@@H](C)O[C@H]2CCC[C@@H]12. The zero-order valence-electron chi connectivity index (χ0n) is 11.7. The van der Waals surface area contributed by atoms with Crippen LogP contribution in [0, 0.1) is 5.92 Å². The fourth-order valence-corrected chi connectivity index (χ4v) is 3.29. The summed E-state index contributed by atoms with van der Waals surface area (Å²) in [5, 5.41) is 0. The highest BCUT2D eigenvalue weighted by Crippen LogP contribution is 2.42. The Labute approximate surface area is 114 Å². The molecule has 3 atom stereocenters. The number of hydrogen-bond donors (Lipinski definition) is 0. The Morgan fingerprint density at radius 3 is 2.95 bits per heavy atom. The molecule has 0 amide bonds. The summed E-state index contributed by atoms with van der Waals surface area (Å²) >= 11 is 0. The normalized spacial score (nSPS) is 32.6. The van der Waals surface area contributed by atoms with Gasteiger partial charge in [0.15, 0.2) is 0 Å². The van der Waals surface area contributed by atoms with Crippen LogP contribution in [0.2, 0.25) is 0 Å². The van der Waals surface area contributed by atoms with Gasteiger partial charge in [0.05, 0.1) is 18.8 Å². The molecule has 1 saturated carbocycles. The van der Waals surface area contributed by atoms with Crippen molar-refractivity contribution in [1.29, 1.82) is 0 Å². The van der Waals surface area contributed by atoms with Crippen LogP contribution in [0.3, 0.4) is 0 Å². The molecule has 0 aromatic carbocycles. The first-order valence-corrected chi connectivity index (χ1v) is 7.15. The molecule has 2 rings (SSSR count). The summed E-state index contributed by atoms with van der Waals surface area (Å²) in [4.78, 5) is 22.9. The number of carbonyl (C=O) groups excluding carboxylic acids is 2. The van der Waals surface area contributed by atoms with Crippen molar-refractivity contribution in [2.24, 2.45) is 5.92 Å². The molecule has 4 heteroatoms. The highest BCUT2D eigenvalue weighted by Gasteiger charge is 2.39. The van der Waals surface area contributed by atoms with E-state index in [4.69, 9.17) is 9.47 Å². The standard InChI is InChI=1S/C15H22O4/c1-3-18-15(17)12(7-8-16)13-9-10(2)19-14-6-4-5-11(13)14/h8,10-11,14H,3-7,9H2,1-2H3/b13-12-/t10-,11+,14+/m1/s1. The van der Waals surface area contributed by atoms with Crippen molar-refractivity contribution in [2.45, 2.75) is 58.2 Å². The van der Waals surface area contributed by atoms with E-state index in [0.717, 1.165) is 37.5 Å². The van der Waals surface area contributed by atoms with Crippen molar-refractivity contribution in [3.8, 4) is 0 Å². The third kappa shape index (κ3) is 3.06. The first kappa shape index (κ1) is 14.3. The van der Waals surface area contributed by atoms with Gasteiger partial charge in [-0.3, -0.25) is 0 Å². The lowest BCUT2D eigenvalue weighted by atomic mass is 9.84. The fraction of sp³-hybridized carbons (Fsp3) is 0.733. The average molecular weight is 266 g/mol. The highest BCUT2D eigenvalue weighted by atomic mass is 16.5. The molecule has 0 radical (unpaired) electrons. The second kappa shape index (κ2) is 6.33. The van der Waals surface area contributed by atoms with Crippen LogP contribution in [0.1, 0.15) is 46.0 Å². The molecule has 1 aliphatic carbocycles. The summed E-state index contributed by atoms with van der Waals surface area (Å²) in [6.07, 6.45) is 5.25. The van der Waals surface area contributed by atoms with Crippen LogP contribution < -0.4 is 0 Å². The lowest BCUT2D eigenvalue weighted by molar-refractivity contribution is -0.139. The number of ether oxygens (including phenoxy) is 2. The van der Waals surface area contributed by atoms with Gasteiger partial charge in [0.2, 0.25) is 0 Å². The van der Waals surface area contributed by atoms with E-state index in [0.29, 0.717) is 18.1 Å². The predicted octanol–water partition coefficient (Wildman–Crippen LogP) is 2.41. The van der Waals surface area contributed by atoms with Crippen molar-refractivity contribution >= 4 is 12.3 Å². The fourth-order valence-electron chi connectivity index (χ4n) is 3.29. The van der Waals surface area contributed by atoms with E-state index in [1.807, 2.05) is 6.92 Å². The van der Waals surface area contributed by atoms with Crippen LogP contribution >= 0.6 is 0 Å². The van der Waals surface area contributed by atoms with E-state index in [9.17, 15) is 9.59 Å². The van der Waals surface area contributed by atoms with Crippen molar-refractivity contribution in [3.63, 3.8) is 0 Å². The first-order chi connectivity index (χ1) is 9.17. The minimum atomic E-state index is -0.329. The van der Waals surface area contributed by atoms with Gasteiger partial charge >= 0.3 is 5.97 Å². The Morgan fingerprint density at radius 2 is 2.26 bits per heavy atom.